The average molecular weight is 370 g/mol. The summed E-state index contributed by atoms with van der Waals surface area (Å²) in [6, 6.07) is 13.5. The molecule has 2 aromatic rings. The Hall–Kier alpha value is -1.37. The maximum Gasteiger partial charge on any atom is 0.241 e. The molecule has 0 amide bonds. The number of nitrogens with one attached hydrogen (secondary N) is 1. The number of halogens is 1. The fourth-order valence-electron chi connectivity index (χ4n) is 1.90. The molecule has 6 heteroatoms. The number of methoxy groups -OCH3 is 1. The van der Waals surface area contributed by atoms with Crippen LogP contribution in [0.3, 0.4) is 0 Å². The summed E-state index contributed by atoms with van der Waals surface area (Å²) in [5, 5.41) is 0. The third-order valence-electron chi connectivity index (χ3n) is 3.05. The first-order chi connectivity index (χ1) is 9.92. The molecular formula is C15H16BrNO3S. The van der Waals surface area contributed by atoms with E-state index in [-0.39, 0.29) is 10.9 Å². The van der Waals surface area contributed by atoms with Crippen LogP contribution in [0.4, 0.5) is 0 Å². The summed E-state index contributed by atoms with van der Waals surface area (Å²) < 4.78 is 33.3. The largest absolute Gasteiger partial charge is 0.497 e. The highest BCUT2D eigenvalue weighted by Crippen LogP contribution is 2.21. The fraction of sp³-hybridized carbons (Fsp3) is 0.200. The zero-order valence-electron chi connectivity index (χ0n) is 11.7. The summed E-state index contributed by atoms with van der Waals surface area (Å²) in [5.41, 5.74) is 0.890. The third kappa shape index (κ3) is 4.06. The highest BCUT2D eigenvalue weighted by molar-refractivity contribution is 9.10. The molecule has 21 heavy (non-hydrogen) atoms. The first-order valence-corrected chi connectivity index (χ1v) is 8.62. The van der Waals surface area contributed by atoms with E-state index in [2.05, 4.69) is 20.7 Å². The van der Waals surface area contributed by atoms with Gasteiger partial charge in [0.25, 0.3) is 0 Å². The fourth-order valence-corrected chi connectivity index (χ4v) is 3.55. The second-order valence-electron chi connectivity index (χ2n) is 4.57. The molecule has 0 fully saturated rings. The van der Waals surface area contributed by atoms with E-state index in [1.165, 1.54) is 19.2 Å². The molecule has 2 rings (SSSR count). The molecule has 0 aliphatic rings. The molecule has 0 bridgehead atoms. The summed E-state index contributed by atoms with van der Waals surface area (Å²) in [5.74, 6) is 0.619. The minimum atomic E-state index is -3.57. The van der Waals surface area contributed by atoms with Gasteiger partial charge in [-0.3, -0.25) is 0 Å². The lowest BCUT2D eigenvalue weighted by Gasteiger charge is -2.15. The predicted molar refractivity (Wildman–Crippen MR) is 85.9 cm³/mol. The zero-order chi connectivity index (χ0) is 15.5. The highest BCUT2D eigenvalue weighted by atomic mass is 79.9. The van der Waals surface area contributed by atoms with Gasteiger partial charge in [0.05, 0.1) is 12.0 Å². The van der Waals surface area contributed by atoms with E-state index in [4.69, 9.17) is 4.74 Å². The lowest BCUT2D eigenvalue weighted by atomic mass is 10.1. The van der Waals surface area contributed by atoms with Gasteiger partial charge in [-0.25, -0.2) is 13.1 Å². The molecule has 112 valence electrons. The van der Waals surface area contributed by atoms with Gasteiger partial charge in [-0.2, -0.15) is 0 Å². The monoisotopic (exact) mass is 369 g/mol. The van der Waals surface area contributed by atoms with Crippen LogP contribution in [0.5, 0.6) is 5.75 Å². The first-order valence-electron chi connectivity index (χ1n) is 6.34. The molecule has 0 saturated heterocycles. The van der Waals surface area contributed by atoms with E-state index in [1.54, 1.807) is 12.1 Å². The average Bonchev–Trinajstić information content (AvgIpc) is 2.47. The minimum Gasteiger partial charge on any atom is -0.497 e. The van der Waals surface area contributed by atoms with Gasteiger partial charge in [-0.1, -0.05) is 28.1 Å². The number of ether oxygens (including phenoxy) is 1. The van der Waals surface area contributed by atoms with Crippen LogP contribution < -0.4 is 9.46 Å². The number of rotatable bonds is 5. The van der Waals surface area contributed by atoms with Gasteiger partial charge in [-0.05, 0) is 48.9 Å². The van der Waals surface area contributed by atoms with Crippen LogP contribution in [0.1, 0.15) is 18.5 Å². The molecule has 0 heterocycles. The van der Waals surface area contributed by atoms with Crippen molar-refractivity contribution in [3.63, 3.8) is 0 Å². The van der Waals surface area contributed by atoms with Gasteiger partial charge in [0.15, 0.2) is 0 Å². The van der Waals surface area contributed by atoms with Gasteiger partial charge >= 0.3 is 0 Å². The van der Waals surface area contributed by atoms with Crippen LogP contribution in [0, 0.1) is 0 Å². The summed E-state index contributed by atoms with van der Waals surface area (Å²) in [6.45, 7) is 1.81. The first kappa shape index (κ1) is 16.0. The molecule has 1 atom stereocenters. The van der Waals surface area contributed by atoms with Gasteiger partial charge < -0.3 is 4.74 Å². The van der Waals surface area contributed by atoms with E-state index in [1.807, 2.05) is 31.2 Å². The van der Waals surface area contributed by atoms with Crippen molar-refractivity contribution in [2.75, 3.05) is 7.11 Å². The molecule has 0 saturated carbocycles. The SMILES string of the molecule is COc1ccc(S(=O)(=O)N[C@H](C)c2cccc(Br)c2)cc1. The summed E-state index contributed by atoms with van der Waals surface area (Å²) in [7, 11) is -2.03. The van der Waals surface area contributed by atoms with E-state index in [0.717, 1.165) is 10.0 Å². The number of hydrogen-bond donors (Lipinski definition) is 1. The Morgan fingerprint density at radius 3 is 2.38 bits per heavy atom. The maximum absolute atomic E-state index is 12.3. The quantitative estimate of drug-likeness (QED) is 0.877. The second kappa shape index (κ2) is 6.60. The van der Waals surface area contributed by atoms with Crippen molar-refractivity contribution in [3.8, 4) is 5.75 Å². The molecule has 2 aromatic carbocycles. The number of benzene rings is 2. The van der Waals surface area contributed by atoms with Gasteiger partial charge in [-0.15, -0.1) is 0 Å². The van der Waals surface area contributed by atoms with Crippen LogP contribution in [-0.2, 0) is 10.0 Å². The van der Waals surface area contributed by atoms with E-state index in [0.29, 0.717) is 5.75 Å². The maximum atomic E-state index is 12.3. The van der Waals surface area contributed by atoms with E-state index < -0.39 is 10.0 Å². The van der Waals surface area contributed by atoms with Crippen LogP contribution >= 0.6 is 15.9 Å². The van der Waals surface area contributed by atoms with Crippen LogP contribution in [0.25, 0.3) is 0 Å². The number of sulfonamides is 1. The van der Waals surface area contributed by atoms with E-state index >= 15 is 0 Å². The Morgan fingerprint density at radius 1 is 1.14 bits per heavy atom. The smallest absolute Gasteiger partial charge is 0.241 e. The summed E-state index contributed by atoms with van der Waals surface area (Å²) in [6.07, 6.45) is 0. The lowest BCUT2D eigenvalue weighted by molar-refractivity contribution is 0.414. The van der Waals surface area contributed by atoms with Crippen molar-refractivity contribution < 1.29 is 13.2 Å². The Morgan fingerprint density at radius 2 is 1.81 bits per heavy atom. The van der Waals surface area contributed by atoms with Crippen molar-refractivity contribution in [1.82, 2.24) is 4.72 Å². The highest BCUT2D eigenvalue weighted by Gasteiger charge is 2.18. The molecular weight excluding hydrogens is 354 g/mol. The Labute approximate surface area is 133 Å². The van der Waals surface area contributed by atoms with Crippen LogP contribution in [0.2, 0.25) is 0 Å². The van der Waals surface area contributed by atoms with E-state index in [9.17, 15) is 8.42 Å². The summed E-state index contributed by atoms with van der Waals surface area (Å²) in [4.78, 5) is 0.213. The third-order valence-corrected chi connectivity index (χ3v) is 5.10. The Balaban J connectivity index is 2.20. The van der Waals surface area contributed by atoms with Gasteiger partial charge in [0, 0.05) is 10.5 Å². The molecule has 0 spiro atoms. The zero-order valence-corrected chi connectivity index (χ0v) is 14.1. The van der Waals surface area contributed by atoms with Crippen molar-refractivity contribution in [1.29, 1.82) is 0 Å². The standard InChI is InChI=1S/C15H16BrNO3S/c1-11(12-4-3-5-13(16)10-12)17-21(18,19)15-8-6-14(20-2)7-9-15/h3-11,17H,1-2H3/t11-/m1/s1. The van der Waals surface area contributed by atoms with Gasteiger partial charge in [0.2, 0.25) is 10.0 Å². The van der Waals surface area contributed by atoms with Crippen LogP contribution in [-0.4, -0.2) is 15.5 Å². The lowest BCUT2D eigenvalue weighted by Crippen LogP contribution is -2.26. The van der Waals surface area contributed by atoms with Crippen molar-refractivity contribution in [2.45, 2.75) is 17.9 Å². The Kier molecular flexibility index (Phi) is 5.03. The number of hydrogen-bond acceptors (Lipinski definition) is 3. The van der Waals surface area contributed by atoms with Crippen molar-refractivity contribution in [3.05, 3.63) is 58.6 Å². The van der Waals surface area contributed by atoms with Crippen LogP contribution in [0.15, 0.2) is 57.9 Å². The van der Waals surface area contributed by atoms with Crippen molar-refractivity contribution in [2.24, 2.45) is 0 Å². The Bertz CT molecular complexity index is 714. The predicted octanol–water partition coefficient (Wildman–Crippen LogP) is 3.50. The molecule has 4 nitrogen and oxygen atoms in total. The second-order valence-corrected chi connectivity index (χ2v) is 7.20. The molecule has 0 unspecified atom stereocenters. The molecule has 0 radical (unpaired) electrons. The normalized spacial score (nSPS) is 12.9. The topological polar surface area (TPSA) is 55.4 Å². The molecule has 0 aliphatic carbocycles. The minimum absolute atomic E-state index is 0.213. The molecule has 0 aromatic heterocycles. The molecule has 1 N–H and O–H groups in total. The summed E-state index contributed by atoms with van der Waals surface area (Å²) >= 11 is 3.38. The molecule has 0 aliphatic heterocycles. The van der Waals surface area contributed by atoms with Crippen molar-refractivity contribution >= 4 is 26.0 Å². The van der Waals surface area contributed by atoms with Gasteiger partial charge in [0.1, 0.15) is 5.75 Å².